The minimum absolute atomic E-state index is 0.189. The van der Waals surface area contributed by atoms with E-state index in [2.05, 4.69) is 21.3 Å². The minimum Gasteiger partial charge on any atom is -0.155 e. The number of quaternary nitrogens is 1. The lowest BCUT2D eigenvalue weighted by atomic mass is 10.0. The van der Waals surface area contributed by atoms with E-state index in [1.807, 2.05) is 6.92 Å². The van der Waals surface area contributed by atoms with Crippen LogP contribution >= 0.6 is 0 Å². The third kappa shape index (κ3) is 6.44. The van der Waals surface area contributed by atoms with E-state index in [4.69, 9.17) is 0 Å². The molecule has 14 heavy (non-hydrogen) atoms. The molecule has 0 saturated heterocycles. The second kappa shape index (κ2) is 7.30. The molecule has 0 spiro atoms. The van der Waals surface area contributed by atoms with Crippen molar-refractivity contribution < 1.29 is 23.1 Å². The first-order valence-corrected chi connectivity index (χ1v) is 6.22. The van der Waals surface area contributed by atoms with Gasteiger partial charge in [-0.05, 0) is 12.3 Å². The molecule has 2 atom stereocenters. The van der Waals surface area contributed by atoms with Crippen molar-refractivity contribution in [3.8, 4) is 0 Å². The highest BCUT2D eigenvalue weighted by molar-refractivity contribution is 7.88. The highest BCUT2D eigenvalue weighted by Crippen LogP contribution is 2.15. The van der Waals surface area contributed by atoms with Gasteiger partial charge in [-0.1, -0.05) is 33.1 Å². The smallest absolute Gasteiger partial charge is 0.155 e. The zero-order valence-electron chi connectivity index (χ0n) is 8.86. The van der Waals surface area contributed by atoms with Gasteiger partial charge in [0, 0.05) is 4.21 Å². The number of unbranched alkanes of at least 4 members (excludes halogenated alkanes) is 1. The summed E-state index contributed by atoms with van der Waals surface area (Å²) in [6.45, 7) is 4.30. The van der Waals surface area contributed by atoms with Crippen molar-refractivity contribution in [2.75, 3.05) is 6.61 Å². The molecule has 0 bridgehead atoms. The van der Waals surface area contributed by atoms with Crippen LogP contribution in [0.4, 0.5) is 0 Å². The summed E-state index contributed by atoms with van der Waals surface area (Å²) < 4.78 is 30.1. The predicted octanol–water partition coefficient (Wildman–Crippen LogP) is 1.07. The Morgan fingerprint density at radius 2 is 2.07 bits per heavy atom. The van der Waals surface area contributed by atoms with Gasteiger partial charge in [-0.3, -0.25) is 0 Å². The summed E-state index contributed by atoms with van der Waals surface area (Å²) in [6, 6.07) is 0. The van der Waals surface area contributed by atoms with Gasteiger partial charge in [-0.25, -0.2) is 0 Å². The van der Waals surface area contributed by atoms with Gasteiger partial charge in [-0.2, -0.15) is 5.90 Å². The lowest BCUT2D eigenvalue weighted by molar-refractivity contribution is -0.640. The first-order valence-electron chi connectivity index (χ1n) is 4.88. The Morgan fingerprint density at radius 3 is 2.50 bits per heavy atom. The Hall–Kier alpha value is -0.0100. The largest absolute Gasteiger partial charge is 0.597 e. The van der Waals surface area contributed by atoms with E-state index >= 15 is 0 Å². The van der Waals surface area contributed by atoms with Crippen LogP contribution in [-0.2, 0) is 28.0 Å². The summed E-state index contributed by atoms with van der Waals surface area (Å²) in [5.74, 6) is 3.09. The summed E-state index contributed by atoms with van der Waals surface area (Å²) in [4.78, 5) is 0. The fraction of sp³-hybridized carbons (Fsp3) is 1.00. The zero-order valence-corrected chi connectivity index (χ0v) is 9.68. The molecule has 0 fully saturated rings. The minimum atomic E-state index is -3.86. The second-order valence-corrected chi connectivity index (χ2v) is 4.52. The van der Waals surface area contributed by atoms with Crippen LogP contribution in [0, 0.1) is 5.92 Å². The van der Waals surface area contributed by atoms with E-state index in [1.54, 1.807) is 0 Å². The maximum absolute atomic E-state index is 10.8. The van der Waals surface area contributed by atoms with Crippen LogP contribution in [0.1, 0.15) is 39.5 Å². The second-order valence-electron chi connectivity index (χ2n) is 3.23. The Labute approximate surface area is 86.6 Å². The summed E-state index contributed by atoms with van der Waals surface area (Å²) in [5, 5.41) is 0. The van der Waals surface area contributed by atoms with Crippen LogP contribution < -0.4 is 5.90 Å². The number of rotatable bonds is 8. The van der Waals surface area contributed by atoms with Gasteiger partial charge in [0.25, 0.3) is 0 Å². The van der Waals surface area contributed by atoms with Gasteiger partial charge in [0.05, 0.1) is 4.28 Å². The fourth-order valence-electron chi connectivity index (χ4n) is 1.11. The Bertz CT molecular complexity index is 188. The van der Waals surface area contributed by atoms with E-state index < -0.39 is 10.8 Å². The Kier molecular flexibility index (Phi) is 7.30. The first-order chi connectivity index (χ1) is 6.55. The molecule has 0 rings (SSSR count). The maximum atomic E-state index is 10.8. The molecule has 0 aliphatic heterocycles. The molecule has 0 aromatic carbocycles. The van der Waals surface area contributed by atoms with Crippen LogP contribution in [-0.4, -0.2) is 6.61 Å². The van der Waals surface area contributed by atoms with Crippen LogP contribution in [0.25, 0.3) is 0 Å². The van der Waals surface area contributed by atoms with Gasteiger partial charge >= 0.3 is 10.8 Å². The zero-order chi connectivity index (χ0) is 11.0. The van der Waals surface area contributed by atoms with E-state index in [9.17, 15) is 8.76 Å². The molecule has 0 heterocycles. The van der Waals surface area contributed by atoms with Gasteiger partial charge < -0.3 is 0 Å². The van der Waals surface area contributed by atoms with Gasteiger partial charge in [0.15, 0.2) is 0 Å². The van der Waals surface area contributed by atoms with Gasteiger partial charge in [-0.15, -0.1) is 4.18 Å². The molecule has 0 aromatic heterocycles. The lowest BCUT2D eigenvalue weighted by Gasteiger charge is -2.10. The summed E-state index contributed by atoms with van der Waals surface area (Å²) in [5.41, 5.74) is 0. The standard InChI is InChI=1S/C8H20NO4S/c1-3-5-6-8(4-2)7-12-14(10,11)13-9/h8H,3-7H2,1-2,9H3/q+2. The average molecular weight is 226 g/mol. The fourth-order valence-corrected chi connectivity index (χ4v) is 1.54. The highest BCUT2D eigenvalue weighted by Gasteiger charge is 2.36. The van der Waals surface area contributed by atoms with Gasteiger partial charge in [0.2, 0.25) is 0 Å². The van der Waals surface area contributed by atoms with E-state index in [-0.39, 0.29) is 12.5 Å². The SMILES string of the molecule is CCCCC(CC)CO[S+]([O])(=O)O[NH3+]. The van der Waals surface area contributed by atoms with Crippen LogP contribution in [0.2, 0.25) is 0 Å². The summed E-state index contributed by atoms with van der Waals surface area (Å²) in [7, 11) is -3.86. The molecule has 2 unspecified atom stereocenters. The third-order valence-corrected chi connectivity index (χ3v) is 2.85. The monoisotopic (exact) mass is 226 g/mol. The van der Waals surface area contributed by atoms with Crippen molar-refractivity contribution in [3.63, 3.8) is 0 Å². The quantitative estimate of drug-likeness (QED) is 0.496. The molecule has 6 heteroatoms. The van der Waals surface area contributed by atoms with Crippen molar-refractivity contribution >= 4 is 10.8 Å². The maximum Gasteiger partial charge on any atom is 0.597 e. The molecular formula is C8H20NO4S+2. The summed E-state index contributed by atoms with van der Waals surface area (Å²) in [6.07, 6.45) is 4.09. The van der Waals surface area contributed by atoms with Crippen LogP contribution in [0.15, 0.2) is 0 Å². The Balaban J connectivity index is 3.77. The molecule has 1 radical (unpaired) electrons. The molecule has 5 nitrogen and oxygen atoms in total. The predicted molar refractivity (Wildman–Crippen MR) is 52.0 cm³/mol. The van der Waals surface area contributed by atoms with Crippen LogP contribution in [0.5, 0.6) is 0 Å². The van der Waals surface area contributed by atoms with E-state index in [1.165, 1.54) is 0 Å². The van der Waals surface area contributed by atoms with Crippen molar-refractivity contribution in [2.24, 2.45) is 5.92 Å². The molecule has 3 N–H and O–H groups in total. The van der Waals surface area contributed by atoms with Crippen LogP contribution in [0.3, 0.4) is 0 Å². The summed E-state index contributed by atoms with van der Waals surface area (Å²) >= 11 is 0. The van der Waals surface area contributed by atoms with E-state index in [0.29, 0.717) is 0 Å². The van der Waals surface area contributed by atoms with Gasteiger partial charge in [0.1, 0.15) is 11.2 Å². The topological polar surface area (TPSA) is 83.1 Å². The highest BCUT2D eigenvalue weighted by atomic mass is 32.3. The first kappa shape index (κ1) is 14.0. The third-order valence-electron chi connectivity index (χ3n) is 2.14. The normalized spacial score (nSPS) is 17.7. The molecule has 0 aromatic rings. The number of hydrogen-bond acceptors (Lipinski definition) is 3. The number of hydrogen-bond donors (Lipinski definition) is 1. The van der Waals surface area contributed by atoms with Crippen molar-refractivity contribution in [2.45, 2.75) is 39.5 Å². The lowest BCUT2D eigenvalue weighted by Crippen LogP contribution is -2.53. The van der Waals surface area contributed by atoms with Crippen molar-refractivity contribution in [1.82, 2.24) is 0 Å². The van der Waals surface area contributed by atoms with E-state index in [0.717, 1.165) is 25.7 Å². The van der Waals surface area contributed by atoms with Crippen molar-refractivity contribution in [1.29, 1.82) is 0 Å². The molecule has 0 aliphatic rings. The van der Waals surface area contributed by atoms with Crippen molar-refractivity contribution in [3.05, 3.63) is 0 Å². The molecule has 0 saturated carbocycles. The Morgan fingerprint density at radius 1 is 1.43 bits per heavy atom. The average Bonchev–Trinajstić information content (AvgIpc) is 2.18. The molecule has 85 valence electrons. The molecular weight excluding hydrogens is 206 g/mol. The molecule has 0 amide bonds. The molecule has 0 aliphatic carbocycles.